The molecule has 6 nitrogen and oxygen atoms in total. The van der Waals surface area contributed by atoms with Crippen LogP contribution in [0.1, 0.15) is 5.56 Å². The Labute approximate surface area is 187 Å². The van der Waals surface area contributed by atoms with Crippen LogP contribution in [-0.2, 0) is 11.3 Å². The van der Waals surface area contributed by atoms with Gasteiger partial charge in [0.1, 0.15) is 10.8 Å². The number of hydrogen-bond donors (Lipinski definition) is 1. The van der Waals surface area contributed by atoms with E-state index >= 15 is 0 Å². The highest BCUT2D eigenvalue weighted by Crippen LogP contribution is 2.22. The van der Waals surface area contributed by atoms with E-state index in [2.05, 4.69) is 20.4 Å². The monoisotopic (exact) mass is 453 g/mol. The standard InChI is InChI=1S/C22H17ClFN5OS/c23-18-13-29(12-15-4-2-1-3-5-15)28-21(18)27-20(30)14-31-22-25-11-10-19(26-22)16-6-8-17(24)9-7-16/h1-11,13H,12,14H2,(H,27,28,30). The lowest BCUT2D eigenvalue weighted by atomic mass is 10.1. The summed E-state index contributed by atoms with van der Waals surface area (Å²) in [4.78, 5) is 21.0. The summed E-state index contributed by atoms with van der Waals surface area (Å²) in [5.41, 5.74) is 2.50. The van der Waals surface area contributed by atoms with Crippen molar-refractivity contribution in [3.63, 3.8) is 0 Å². The molecule has 0 aliphatic carbocycles. The fraction of sp³-hybridized carbons (Fsp3) is 0.0909. The van der Waals surface area contributed by atoms with E-state index in [1.54, 1.807) is 35.3 Å². The van der Waals surface area contributed by atoms with Crippen LogP contribution in [0.3, 0.4) is 0 Å². The Morgan fingerprint density at radius 3 is 2.65 bits per heavy atom. The van der Waals surface area contributed by atoms with Gasteiger partial charge >= 0.3 is 0 Å². The number of halogens is 2. The van der Waals surface area contributed by atoms with E-state index in [0.717, 1.165) is 11.1 Å². The average molecular weight is 454 g/mol. The van der Waals surface area contributed by atoms with Crippen molar-refractivity contribution in [1.29, 1.82) is 0 Å². The third-order valence-corrected chi connectivity index (χ3v) is 5.41. The molecule has 0 spiro atoms. The van der Waals surface area contributed by atoms with E-state index < -0.39 is 0 Å². The second kappa shape index (κ2) is 9.72. The van der Waals surface area contributed by atoms with Crippen LogP contribution in [0.15, 0.2) is 78.2 Å². The number of anilines is 1. The third kappa shape index (κ3) is 5.68. The van der Waals surface area contributed by atoms with Gasteiger partial charge in [-0.25, -0.2) is 14.4 Å². The van der Waals surface area contributed by atoms with Gasteiger partial charge in [0.15, 0.2) is 11.0 Å². The number of nitrogens with one attached hydrogen (secondary N) is 1. The molecule has 2 aromatic heterocycles. The normalized spacial score (nSPS) is 10.8. The smallest absolute Gasteiger partial charge is 0.236 e. The Bertz CT molecular complexity index is 1180. The fourth-order valence-corrected chi connectivity index (χ4v) is 3.65. The van der Waals surface area contributed by atoms with Gasteiger partial charge in [0.25, 0.3) is 0 Å². The molecule has 0 radical (unpaired) electrons. The summed E-state index contributed by atoms with van der Waals surface area (Å²) < 4.78 is 14.8. The molecular formula is C22H17ClFN5OS. The van der Waals surface area contributed by atoms with E-state index in [1.165, 1.54) is 23.9 Å². The molecule has 0 aliphatic rings. The molecule has 0 unspecified atom stereocenters. The van der Waals surface area contributed by atoms with Crippen molar-refractivity contribution in [2.75, 3.05) is 11.1 Å². The van der Waals surface area contributed by atoms with Crippen molar-refractivity contribution in [3.8, 4) is 11.3 Å². The number of thioether (sulfide) groups is 1. The molecular weight excluding hydrogens is 437 g/mol. The quantitative estimate of drug-likeness (QED) is 0.318. The molecule has 0 atom stereocenters. The average Bonchev–Trinajstić information content (AvgIpc) is 3.12. The van der Waals surface area contributed by atoms with Crippen LogP contribution in [0.5, 0.6) is 0 Å². The van der Waals surface area contributed by atoms with E-state index in [9.17, 15) is 9.18 Å². The predicted octanol–water partition coefficient (Wildman–Crippen LogP) is 4.91. The SMILES string of the molecule is O=C(CSc1nccc(-c2ccc(F)cc2)n1)Nc1nn(Cc2ccccc2)cc1Cl. The fourth-order valence-electron chi connectivity index (χ4n) is 2.82. The van der Waals surface area contributed by atoms with Crippen molar-refractivity contribution in [2.45, 2.75) is 11.7 Å². The van der Waals surface area contributed by atoms with Gasteiger partial charge in [-0.1, -0.05) is 53.7 Å². The minimum atomic E-state index is -0.311. The zero-order valence-corrected chi connectivity index (χ0v) is 17.8. The number of carbonyl (C=O) groups is 1. The van der Waals surface area contributed by atoms with Gasteiger partial charge in [0.2, 0.25) is 5.91 Å². The summed E-state index contributed by atoms with van der Waals surface area (Å²) in [5, 5.41) is 7.87. The summed E-state index contributed by atoms with van der Waals surface area (Å²) in [7, 11) is 0. The Hall–Kier alpha value is -3.23. The number of rotatable bonds is 7. The van der Waals surface area contributed by atoms with Crippen LogP contribution in [0.25, 0.3) is 11.3 Å². The zero-order chi connectivity index (χ0) is 21.6. The molecule has 9 heteroatoms. The summed E-state index contributed by atoms with van der Waals surface area (Å²) in [6.45, 7) is 0.551. The highest BCUT2D eigenvalue weighted by atomic mass is 35.5. The summed E-state index contributed by atoms with van der Waals surface area (Å²) in [6.07, 6.45) is 3.28. The van der Waals surface area contributed by atoms with Crippen LogP contribution in [0.4, 0.5) is 10.2 Å². The molecule has 4 rings (SSSR count). The van der Waals surface area contributed by atoms with E-state index in [0.29, 0.717) is 28.2 Å². The van der Waals surface area contributed by atoms with E-state index in [1.807, 2.05) is 30.3 Å². The molecule has 0 saturated heterocycles. The number of carbonyl (C=O) groups excluding carboxylic acids is 1. The maximum Gasteiger partial charge on any atom is 0.236 e. The molecule has 31 heavy (non-hydrogen) atoms. The molecule has 2 heterocycles. The number of hydrogen-bond acceptors (Lipinski definition) is 5. The van der Waals surface area contributed by atoms with Gasteiger partial charge in [-0.2, -0.15) is 5.10 Å². The molecule has 0 bridgehead atoms. The molecule has 0 saturated carbocycles. The van der Waals surface area contributed by atoms with E-state index in [4.69, 9.17) is 11.6 Å². The van der Waals surface area contributed by atoms with E-state index in [-0.39, 0.29) is 17.5 Å². The van der Waals surface area contributed by atoms with Gasteiger partial charge < -0.3 is 5.32 Å². The maximum absolute atomic E-state index is 13.1. The van der Waals surface area contributed by atoms with Gasteiger partial charge in [-0.3, -0.25) is 9.48 Å². The van der Waals surface area contributed by atoms with Crippen LogP contribution in [0, 0.1) is 5.82 Å². The minimum absolute atomic E-state index is 0.0920. The first-order valence-corrected chi connectivity index (χ1v) is 10.7. The number of nitrogens with zero attached hydrogens (tertiary/aromatic N) is 4. The second-order valence-electron chi connectivity index (χ2n) is 6.58. The Balaban J connectivity index is 1.35. The zero-order valence-electron chi connectivity index (χ0n) is 16.2. The predicted molar refractivity (Wildman–Crippen MR) is 120 cm³/mol. The van der Waals surface area contributed by atoms with Crippen LogP contribution in [-0.4, -0.2) is 31.4 Å². The Kier molecular flexibility index (Phi) is 6.59. The lowest BCUT2D eigenvalue weighted by Gasteiger charge is -2.05. The molecule has 2 aromatic carbocycles. The van der Waals surface area contributed by atoms with Crippen molar-refractivity contribution in [1.82, 2.24) is 19.7 Å². The molecule has 4 aromatic rings. The Morgan fingerprint density at radius 2 is 1.87 bits per heavy atom. The lowest BCUT2D eigenvalue weighted by molar-refractivity contribution is -0.113. The van der Waals surface area contributed by atoms with Crippen LogP contribution in [0.2, 0.25) is 5.02 Å². The second-order valence-corrected chi connectivity index (χ2v) is 7.93. The lowest BCUT2D eigenvalue weighted by Crippen LogP contribution is -2.15. The van der Waals surface area contributed by atoms with Crippen LogP contribution < -0.4 is 5.32 Å². The van der Waals surface area contributed by atoms with Crippen LogP contribution >= 0.6 is 23.4 Å². The molecule has 156 valence electrons. The largest absolute Gasteiger partial charge is 0.307 e. The van der Waals surface area contributed by atoms with Gasteiger partial charge in [-0.15, -0.1) is 0 Å². The summed E-state index contributed by atoms with van der Waals surface area (Å²) >= 11 is 7.40. The highest BCUT2D eigenvalue weighted by Gasteiger charge is 2.12. The molecule has 1 amide bonds. The van der Waals surface area contributed by atoms with Crippen molar-refractivity contribution < 1.29 is 9.18 Å². The molecule has 1 N–H and O–H groups in total. The number of aromatic nitrogens is 4. The van der Waals surface area contributed by atoms with Crippen molar-refractivity contribution >= 4 is 35.1 Å². The van der Waals surface area contributed by atoms with Gasteiger partial charge in [0.05, 0.1) is 18.0 Å². The van der Waals surface area contributed by atoms with Crippen molar-refractivity contribution in [2.24, 2.45) is 0 Å². The third-order valence-electron chi connectivity index (χ3n) is 4.27. The van der Waals surface area contributed by atoms with Gasteiger partial charge in [-0.05, 0) is 35.9 Å². The van der Waals surface area contributed by atoms with Crippen molar-refractivity contribution in [3.05, 3.63) is 89.5 Å². The highest BCUT2D eigenvalue weighted by molar-refractivity contribution is 7.99. The Morgan fingerprint density at radius 1 is 1.10 bits per heavy atom. The first-order valence-electron chi connectivity index (χ1n) is 9.35. The molecule has 0 aliphatic heterocycles. The topological polar surface area (TPSA) is 72.7 Å². The number of amides is 1. The first kappa shape index (κ1) is 21.0. The van der Waals surface area contributed by atoms with Gasteiger partial charge in [0, 0.05) is 18.0 Å². The summed E-state index contributed by atoms with van der Waals surface area (Å²) in [6, 6.07) is 17.6. The summed E-state index contributed by atoms with van der Waals surface area (Å²) in [5.74, 6) is -0.180. The minimum Gasteiger partial charge on any atom is -0.307 e. The first-order chi connectivity index (χ1) is 15.1. The number of benzene rings is 2. The maximum atomic E-state index is 13.1. The molecule has 0 fully saturated rings.